The maximum Gasteiger partial charge on any atom is 0.158 e. The van der Waals surface area contributed by atoms with Crippen molar-refractivity contribution in [3.8, 4) is 11.5 Å². The third-order valence-corrected chi connectivity index (χ3v) is 3.71. The fourth-order valence-electron chi connectivity index (χ4n) is 2.08. The van der Waals surface area contributed by atoms with Crippen LogP contribution in [0.15, 0.2) is 17.3 Å². The van der Waals surface area contributed by atoms with Crippen LogP contribution >= 0.6 is 0 Å². The fourth-order valence-corrected chi connectivity index (χ4v) is 2.08. The average Bonchev–Trinajstić information content (AvgIpc) is 2.94. The van der Waals surface area contributed by atoms with Gasteiger partial charge in [-0.05, 0) is 13.8 Å². The van der Waals surface area contributed by atoms with Crippen LogP contribution < -0.4 is 10.1 Å². The number of ether oxygens (including phenoxy) is 3. The predicted octanol–water partition coefficient (Wildman–Crippen LogP) is 0.527. The molecule has 0 saturated carbocycles. The number of aliphatic imine (C=N–C) groups is 1. The van der Waals surface area contributed by atoms with E-state index in [1.165, 1.54) is 19.2 Å². The number of amidine groups is 1. The first-order chi connectivity index (χ1) is 11.5. The van der Waals surface area contributed by atoms with Crippen LogP contribution in [0.5, 0.6) is 11.5 Å². The second kappa shape index (κ2) is 8.07. The molecule has 0 aromatic carbocycles. The Balaban J connectivity index is 1.94. The minimum Gasteiger partial charge on any atom is -0.505 e. The van der Waals surface area contributed by atoms with Gasteiger partial charge in [-0.15, -0.1) is 0 Å². The molecule has 1 aliphatic rings. The summed E-state index contributed by atoms with van der Waals surface area (Å²) in [7, 11) is 1.61. The Morgan fingerprint density at radius 1 is 1.38 bits per heavy atom. The molecule has 0 spiro atoms. The molecule has 0 bridgehead atoms. The highest BCUT2D eigenvalue weighted by Crippen LogP contribution is 2.25. The van der Waals surface area contributed by atoms with E-state index in [1.807, 2.05) is 0 Å². The first-order valence-electron chi connectivity index (χ1n) is 7.70. The van der Waals surface area contributed by atoms with E-state index in [-0.39, 0.29) is 11.5 Å². The number of hydrogen-bond donors (Lipinski definition) is 2. The summed E-state index contributed by atoms with van der Waals surface area (Å²) in [6.07, 6.45) is 1.50. The maximum atomic E-state index is 11.6. The Labute approximate surface area is 140 Å². The zero-order chi connectivity index (χ0) is 17.6. The zero-order valence-electron chi connectivity index (χ0n) is 14.2. The lowest BCUT2D eigenvalue weighted by Crippen LogP contribution is -2.36. The van der Waals surface area contributed by atoms with E-state index in [1.54, 1.807) is 14.0 Å². The van der Waals surface area contributed by atoms with Gasteiger partial charge in [0.2, 0.25) is 0 Å². The number of methoxy groups -OCH3 is 1. The monoisotopic (exact) mass is 337 g/mol. The van der Waals surface area contributed by atoms with Crippen molar-refractivity contribution in [2.45, 2.75) is 19.4 Å². The van der Waals surface area contributed by atoms with Crippen molar-refractivity contribution in [1.29, 1.82) is 0 Å². The molecule has 8 heteroatoms. The molecule has 132 valence electrons. The molecule has 2 heterocycles. The molecule has 1 aromatic heterocycles. The highest BCUT2D eigenvalue weighted by molar-refractivity contribution is 6.04. The summed E-state index contributed by atoms with van der Waals surface area (Å²) < 4.78 is 15.6. The van der Waals surface area contributed by atoms with Crippen LogP contribution in [0.2, 0.25) is 0 Å². The van der Waals surface area contributed by atoms with Gasteiger partial charge in [0.25, 0.3) is 0 Å². The normalized spacial score (nSPS) is 19.7. The Kier molecular flexibility index (Phi) is 6.10. The number of rotatable bonds is 9. The maximum absolute atomic E-state index is 11.6. The van der Waals surface area contributed by atoms with Gasteiger partial charge in [0.15, 0.2) is 11.6 Å². The van der Waals surface area contributed by atoms with Crippen molar-refractivity contribution in [3.05, 3.63) is 18.0 Å². The van der Waals surface area contributed by atoms with E-state index in [4.69, 9.17) is 14.2 Å². The number of aromatic hydroxyl groups is 1. The molecule has 2 N–H and O–H groups in total. The standard InChI is InChI=1S/C16H23N3O5/c1-11(20)16(2)10-18-15(19-16)14-13(21)8-12(9-17-14)24-7-6-23-5-4-22-3/h8-9,21H,4-7,10H2,1-3H3,(H,18,19). The molecule has 8 nitrogen and oxygen atoms in total. The number of Topliss-reactive ketones (excluding diaryl/α,β-unsaturated/α-hetero) is 1. The molecular weight excluding hydrogens is 314 g/mol. The first kappa shape index (κ1) is 18.2. The highest BCUT2D eigenvalue weighted by atomic mass is 16.5. The number of nitrogens with zero attached hydrogens (tertiary/aromatic N) is 2. The van der Waals surface area contributed by atoms with Gasteiger partial charge in [-0.25, -0.2) is 4.98 Å². The van der Waals surface area contributed by atoms with Crippen LogP contribution in [0.1, 0.15) is 19.5 Å². The van der Waals surface area contributed by atoms with Gasteiger partial charge < -0.3 is 24.6 Å². The molecular formula is C16H23N3O5. The molecule has 1 aliphatic heterocycles. The smallest absolute Gasteiger partial charge is 0.158 e. The summed E-state index contributed by atoms with van der Waals surface area (Å²) >= 11 is 0. The average molecular weight is 337 g/mol. The van der Waals surface area contributed by atoms with E-state index in [2.05, 4.69) is 15.3 Å². The summed E-state index contributed by atoms with van der Waals surface area (Å²) in [5, 5.41) is 13.1. The summed E-state index contributed by atoms with van der Waals surface area (Å²) in [6, 6.07) is 1.46. The van der Waals surface area contributed by atoms with E-state index >= 15 is 0 Å². The summed E-state index contributed by atoms with van der Waals surface area (Å²) in [4.78, 5) is 20.1. The Morgan fingerprint density at radius 3 is 2.75 bits per heavy atom. The number of nitrogens with one attached hydrogen (secondary N) is 1. The van der Waals surface area contributed by atoms with E-state index < -0.39 is 5.54 Å². The second-order valence-corrected chi connectivity index (χ2v) is 5.64. The van der Waals surface area contributed by atoms with Crippen molar-refractivity contribution in [3.63, 3.8) is 0 Å². The molecule has 0 radical (unpaired) electrons. The number of pyridine rings is 1. The first-order valence-corrected chi connectivity index (χ1v) is 7.70. The summed E-state index contributed by atoms with van der Waals surface area (Å²) in [6.45, 7) is 5.41. The number of aromatic nitrogens is 1. The van der Waals surface area contributed by atoms with Crippen LogP contribution in [0.4, 0.5) is 0 Å². The van der Waals surface area contributed by atoms with Gasteiger partial charge in [-0.3, -0.25) is 9.79 Å². The van der Waals surface area contributed by atoms with Crippen LogP contribution in [-0.4, -0.2) is 67.3 Å². The quantitative estimate of drug-likeness (QED) is 0.634. The lowest BCUT2D eigenvalue weighted by molar-refractivity contribution is -0.120. The van der Waals surface area contributed by atoms with Gasteiger partial charge in [-0.1, -0.05) is 0 Å². The van der Waals surface area contributed by atoms with Crippen LogP contribution in [0.3, 0.4) is 0 Å². The molecule has 0 fully saturated rings. The molecule has 0 amide bonds. The van der Waals surface area contributed by atoms with Crippen molar-refractivity contribution in [2.24, 2.45) is 4.99 Å². The topological polar surface area (TPSA) is 102 Å². The summed E-state index contributed by atoms with van der Waals surface area (Å²) in [5.41, 5.74) is -0.526. The lowest BCUT2D eigenvalue weighted by atomic mass is 10.00. The van der Waals surface area contributed by atoms with Crippen LogP contribution in [-0.2, 0) is 14.3 Å². The van der Waals surface area contributed by atoms with Gasteiger partial charge in [-0.2, -0.15) is 0 Å². The van der Waals surface area contributed by atoms with Gasteiger partial charge in [0.1, 0.15) is 29.3 Å². The molecule has 1 aromatic rings. The van der Waals surface area contributed by atoms with E-state index in [0.717, 1.165) is 0 Å². The fraction of sp³-hybridized carbons (Fsp3) is 0.562. The van der Waals surface area contributed by atoms with Gasteiger partial charge in [0.05, 0.1) is 26.0 Å². The minimum absolute atomic E-state index is 0.0436. The third kappa shape index (κ3) is 4.42. The molecule has 2 rings (SSSR count). The molecule has 0 saturated heterocycles. The van der Waals surface area contributed by atoms with Crippen molar-refractivity contribution >= 4 is 11.6 Å². The number of carbonyl (C=O) groups is 1. The molecule has 0 aliphatic carbocycles. The Bertz CT molecular complexity index is 620. The van der Waals surface area contributed by atoms with Gasteiger partial charge in [0, 0.05) is 19.7 Å². The van der Waals surface area contributed by atoms with Crippen molar-refractivity contribution < 1.29 is 24.1 Å². The van der Waals surface area contributed by atoms with Crippen LogP contribution in [0.25, 0.3) is 0 Å². The Hall–Kier alpha value is -2.19. The molecule has 24 heavy (non-hydrogen) atoms. The number of hydrogen-bond acceptors (Lipinski definition) is 8. The van der Waals surface area contributed by atoms with Crippen LogP contribution in [0, 0.1) is 0 Å². The van der Waals surface area contributed by atoms with Gasteiger partial charge >= 0.3 is 0 Å². The zero-order valence-corrected chi connectivity index (χ0v) is 14.2. The Morgan fingerprint density at radius 2 is 2.12 bits per heavy atom. The minimum atomic E-state index is -0.821. The SMILES string of the molecule is COCCOCCOc1cnc(C2=NC(C)(C(C)=O)CN2)c(O)c1. The lowest BCUT2D eigenvalue weighted by Gasteiger charge is -2.13. The molecule has 1 atom stereocenters. The van der Waals surface area contributed by atoms with E-state index in [9.17, 15) is 9.90 Å². The van der Waals surface area contributed by atoms with E-state index in [0.29, 0.717) is 50.3 Å². The number of carbonyl (C=O) groups excluding carboxylic acids is 1. The van der Waals surface area contributed by atoms with Crippen molar-refractivity contribution in [1.82, 2.24) is 10.3 Å². The highest BCUT2D eigenvalue weighted by Gasteiger charge is 2.35. The predicted molar refractivity (Wildman–Crippen MR) is 87.7 cm³/mol. The largest absolute Gasteiger partial charge is 0.505 e. The third-order valence-electron chi connectivity index (χ3n) is 3.71. The second-order valence-electron chi connectivity index (χ2n) is 5.64. The number of ketones is 1. The summed E-state index contributed by atoms with van der Waals surface area (Å²) in [5.74, 6) is 0.726. The van der Waals surface area contributed by atoms with Crippen molar-refractivity contribution in [2.75, 3.05) is 40.1 Å². The molecule has 1 unspecified atom stereocenters.